The molecule has 0 spiro atoms. The van der Waals surface area contributed by atoms with Crippen LogP contribution in [0.5, 0.6) is 5.75 Å². The number of rotatable bonds is 8. The largest absolute Gasteiger partial charge is 0.493 e. The lowest BCUT2D eigenvalue weighted by Gasteiger charge is -2.11. The lowest BCUT2D eigenvalue weighted by molar-refractivity contribution is 0.0495. The van der Waals surface area contributed by atoms with E-state index in [-0.39, 0.29) is 5.97 Å². The van der Waals surface area contributed by atoms with Crippen LogP contribution in [0.1, 0.15) is 49.9 Å². The Morgan fingerprint density at radius 3 is 2.53 bits per heavy atom. The highest BCUT2D eigenvalue weighted by Crippen LogP contribution is 2.24. The summed E-state index contributed by atoms with van der Waals surface area (Å²) < 4.78 is 10.8. The van der Waals surface area contributed by atoms with Crippen LogP contribution in [0.2, 0.25) is 5.02 Å². The van der Waals surface area contributed by atoms with Crippen LogP contribution in [0, 0.1) is 0 Å². The molecule has 1 aromatic carbocycles. The minimum absolute atomic E-state index is 0.350. The van der Waals surface area contributed by atoms with Gasteiger partial charge >= 0.3 is 5.97 Å². The first-order chi connectivity index (χ1) is 9.19. The van der Waals surface area contributed by atoms with Crippen molar-refractivity contribution >= 4 is 17.6 Å². The summed E-state index contributed by atoms with van der Waals surface area (Å²) in [5, 5.41) is 0.552. The second-order valence-electron chi connectivity index (χ2n) is 4.33. The van der Waals surface area contributed by atoms with E-state index in [0.717, 1.165) is 25.7 Å². The van der Waals surface area contributed by atoms with Crippen molar-refractivity contribution in [1.29, 1.82) is 0 Å². The van der Waals surface area contributed by atoms with E-state index in [1.807, 2.05) is 0 Å². The Morgan fingerprint density at radius 1 is 1.16 bits per heavy atom. The maximum absolute atomic E-state index is 11.9. The highest BCUT2D eigenvalue weighted by molar-refractivity contribution is 6.30. The molecule has 0 aliphatic heterocycles. The summed E-state index contributed by atoms with van der Waals surface area (Å²) in [5.41, 5.74) is 0.441. The summed E-state index contributed by atoms with van der Waals surface area (Å²) in [7, 11) is 0. The van der Waals surface area contributed by atoms with Crippen LogP contribution in [0.4, 0.5) is 0 Å². The Balaban J connectivity index is 2.71. The molecule has 4 heteroatoms. The van der Waals surface area contributed by atoms with Gasteiger partial charge < -0.3 is 9.47 Å². The first-order valence-corrected chi connectivity index (χ1v) is 7.16. The van der Waals surface area contributed by atoms with E-state index in [1.165, 1.54) is 0 Å². The van der Waals surface area contributed by atoms with Crippen LogP contribution >= 0.6 is 11.6 Å². The molecule has 0 N–H and O–H groups in total. The molecule has 1 rings (SSSR count). The number of esters is 1. The van der Waals surface area contributed by atoms with Crippen LogP contribution in [0.15, 0.2) is 18.2 Å². The fourth-order valence-corrected chi connectivity index (χ4v) is 1.66. The van der Waals surface area contributed by atoms with Crippen molar-refractivity contribution in [1.82, 2.24) is 0 Å². The average Bonchev–Trinajstić information content (AvgIpc) is 2.39. The zero-order valence-corrected chi connectivity index (χ0v) is 12.3. The van der Waals surface area contributed by atoms with Gasteiger partial charge in [0.25, 0.3) is 0 Å². The summed E-state index contributed by atoms with van der Waals surface area (Å²) in [5.74, 6) is 0.152. The molecule has 0 amide bonds. The molecule has 106 valence electrons. The molecule has 0 unspecified atom stereocenters. The minimum Gasteiger partial charge on any atom is -0.493 e. The molecule has 3 nitrogen and oxygen atoms in total. The summed E-state index contributed by atoms with van der Waals surface area (Å²) in [6.45, 7) is 5.15. The van der Waals surface area contributed by atoms with Crippen LogP contribution < -0.4 is 4.74 Å². The van der Waals surface area contributed by atoms with Crippen molar-refractivity contribution in [2.45, 2.75) is 39.5 Å². The van der Waals surface area contributed by atoms with Gasteiger partial charge in [0.1, 0.15) is 11.3 Å². The molecule has 0 saturated carbocycles. The van der Waals surface area contributed by atoms with E-state index in [4.69, 9.17) is 21.1 Å². The Hall–Kier alpha value is -1.22. The number of carbonyl (C=O) groups is 1. The smallest absolute Gasteiger partial charge is 0.341 e. The molecule has 0 bridgehead atoms. The first kappa shape index (κ1) is 15.8. The van der Waals surface area contributed by atoms with E-state index >= 15 is 0 Å². The van der Waals surface area contributed by atoms with Gasteiger partial charge in [0.2, 0.25) is 0 Å². The van der Waals surface area contributed by atoms with Crippen LogP contribution in [-0.2, 0) is 4.74 Å². The predicted octanol–water partition coefficient (Wildman–Crippen LogP) is 4.48. The maximum Gasteiger partial charge on any atom is 0.341 e. The SMILES string of the molecule is CCCCOC(=O)c1ccc(Cl)cc1OCCCC. The lowest BCUT2D eigenvalue weighted by Crippen LogP contribution is -2.09. The summed E-state index contributed by atoms with van der Waals surface area (Å²) in [6, 6.07) is 4.98. The van der Waals surface area contributed by atoms with Crippen molar-refractivity contribution in [3.05, 3.63) is 28.8 Å². The Kier molecular flexibility index (Phi) is 7.34. The highest BCUT2D eigenvalue weighted by Gasteiger charge is 2.14. The summed E-state index contributed by atoms with van der Waals surface area (Å²) in [6.07, 6.45) is 3.84. The van der Waals surface area contributed by atoms with Crippen molar-refractivity contribution in [3.8, 4) is 5.75 Å². The van der Waals surface area contributed by atoms with Gasteiger partial charge in [-0.2, -0.15) is 0 Å². The fourth-order valence-electron chi connectivity index (χ4n) is 1.50. The van der Waals surface area contributed by atoms with E-state index in [0.29, 0.717) is 29.5 Å². The molecule has 0 heterocycles. The van der Waals surface area contributed by atoms with Gasteiger partial charge in [0.05, 0.1) is 13.2 Å². The van der Waals surface area contributed by atoms with Crippen LogP contribution in [0.25, 0.3) is 0 Å². The Bertz CT molecular complexity index is 404. The van der Waals surface area contributed by atoms with Crippen molar-refractivity contribution < 1.29 is 14.3 Å². The zero-order valence-electron chi connectivity index (χ0n) is 11.6. The number of hydrogen-bond donors (Lipinski definition) is 0. The zero-order chi connectivity index (χ0) is 14.1. The van der Waals surface area contributed by atoms with Crippen LogP contribution in [-0.4, -0.2) is 19.2 Å². The average molecular weight is 285 g/mol. The number of carbonyl (C=O) groups excluding carboxylic acids is 1. The third kappa shape index (κ3) is 5.52. The van der Waals surface area contributed by atoms with E-state index in [2.05, 4.69) is 13.8 Å². The van der Waals surface area contributed by atoms with E-state index in [1.54, 1.807) is 18.2 Å². The predicted molar refractivity (Wildman–Crippen MR) is 77.0 cm³/mol. The molecule has 0 fully saturated rings. The molecule has 0 aliphatic carbocycles. The number of halogens is 1. The third-order valence-corrected chi connectivity index (χ3v) is 2.89. The lowest BCUT2D eigenvalue weighted by atomic mass is 10.2. The van der Waals surface area contributed by atoms with Crippen LogP contribution in [0.3, 0.4) is 0 Å². The van der Waals surface area contributed by atoms with Gasteiger partial charge in [-0.25, -0.2) is 4.79 Å². The van der Waals surface area contributed by atoms with Gasteiger partial charge in [-0.15, -0.1) is 0 Å². The highest BCUT2D eigenvalue weighted by atomic mass is 35.5. The van der Waals surface area contributed by atoms with Gasteiger partial charge in [-0.05, 0) is 31.0 Å². The number of ether oxygens (including phenoxy) is 2. The van der Waals surface area contributed by atoms with Gasteiger partial charge in [0.15, 0.2) is 0 Å². The second-order valence-corrected chi connectivity index (χ2v) is 4.77. The third-order valence-electron chi connectivity index (χ3n) is 2.65. The maximum atomic E-state index is 11.9. The first-order valence-electron chi connectivity index (χ1n) is 6.78. The molecule has 19 heavy (non-hydrogen) atoms. The Morgan fingerprint density at radius 2 is 1.84 bits per heavy atom. The number of benzene rings is 1. The monoisotopic (exact) mass is 284 g/mol. The molecule has 0 aromatic heterocycles. The van der Waals surface area contributed by atoms with Crippen molar-refractivity contribution in [3.63, 3.8) is 0 Å². The number of unbranched alkanes of at least 4 members (excludes halogenated alkanes) is 2. The molecule has 0 atom stereocenters. The molecule has 0 radical (unpaired) electrons. The molecule has 0 aliphatic rings. The van der Waals surface area contributed by atoms with E-state index in [9.17, 15) is 4.79 Å². The fraction of sp³-hybridized carbons (Fsp3) is 0.533. The molecule has 0 saturated heterocycles. The Labute approximate surface area is 119 Å². The van der Waals surface area contributed by atoms with Gasteiger partial charge in [-0.1, -0.05) is 38.3 Å². The molecular weight excluding hydrogens is 264 g/mol. The topological polar surface area (TPSA) is 35.5 Å². The standard InChI is InChI=1S/C15H21ClO3/c1-3-5-9-18-14-11-12(16)7-8-13(14)15(17)19-10-6-4-2/h7-8,11H,3-6,9-10H2,1-2H3. The molecule has 1 aromatic rings. The second kappa shape index (κ2) is 8.81. The molecular formula is C15H21ClO3. The summed E-state index contributed by atoms with van der Waals surface area (Å²) in [4.78, 5) is 11.9. The minimum atomic E-state index is -0.350. The van der Waals surface area contributed by atoms with E-state index < -0.39 is 0 Å². The van der Waals surface area contributed by atoms with Crippen molar-refractivity contribution in [2.24, 2.45) is 0 Å². The quantitative estimate of drug-likeness (QED) is 0.522. The van der Waals surface area contributed by atoms with Gasteiger partial charge in [-0.3, -0.25) is 0 Å². The number of hydrogen-bond acceptors (Lipinski definition) is 3. The van der Waals surface area contributed by atoms with Crippen molar-refractivity contribution in [2.75, 3.05) is 13.2 Å². The van der Waals surface area contributed by atoms with Gasteiger partial charge in [0, 0.05) is 5.02 Å². The summed E-state index contributed by atoms with van der Waals surface area (Å²) >= 11 is 5.93. The normalized spacial score (nSPS) is 10.3.